The van der Waals surface area contributed by atoms with Gasteiger partial charge in [0.15, 0.2) is 0 Å². The Morgan fingerprint density at radius 1 is 1.41 bits per heavy atom. The van der Waals surface area contributed by atoms with Crippen LogP contribution >= 0.6 is 24.8 Å². The fraction of sp³-hybridized carbons (Fsp3) is 0.733. The smallest absolute Gasteiger partial charge is 0.229 e. The molecule has 0 spiro atoms. The highest BCUT2D eigenvalue weighted by molar-refractivity contribution is 5.85. The molecular weight excluding hydrogens is 323 g/mol. The zero-order valence-electron chi connectivity index (χ0n) is 14.0. The number of aromatic nitrogens is 2. The summed E-state index contributed by atoms with van der Waals surface area (Å²) in [5.74, 6) is 0.0604. The van der Waals surface area contributed by atoms with Crippen molar-refractivity contribution in [3.8, 4) is 0 Å². The van der Waals surface area contributed by atoms with Crippen LogP contribution in [0.3, 0.4) is 0 Å². The van der Waals surface area contributed by atoms with E-state index in [1.807, 2.05) is 37.4 Å². The monoisotopic (exact) mass is 350 g/mol. The number of nitrogens with two attached hydrogens (primary N) is 1. The van der Waals surface area contributed by atoms with Crippen molar-refractivity contribution in [1.29, 1.82) is 0 Å². The lowest BCUT2D eigenvalue weighted by Crippen LogP contribution is -2.36. The highest BCUT2D eigenvalue weighted by atomic mass is 35.5. The van der Waals surface area contributed by atoms with Gasteiger partial charge in [0, 0.05) is 31.4 Å². The number of rotatable bonds is 3. The van der Waals surface area contributed by atoms with E-state index in [1.54, 1.807) is 0 Å². The third kappa shape index (κ3) is 3.76. The molecule has 2 unspecified atom stereocenters. The zero-order valence-corrected chi connectivity index (χ0v) is 15.7. The van der Waals surface area contributed by atoms with Gasteiger partial charge in [-0.2, -0.15) is 5.10 Å². The van der Waals surface area contributed by atoms with E-state index in [2.05, 4.69) is 12.0 Å². The first-order valence-corrected chi connectivity index (χ1v) is 7.28. The second-order valence-electron chi connectivity index (χ2n) is 6.45. The first kappa shape index (κ1) is 21.2. The Morgan fingerprint density at radius 2 is 2.00 bits per heavy atom. The second-order valence-corrected chi connectivity index (χ2v) is 6.45. The summed E-state index contributed by atoms with van der Waals surface area (Å²) in [6.45, 7) is 10.4. The molecule has 1 amide bonds. The van der Waals surface area contributed by atoms with E-state index in [1.165, 1.54) is 0 Å². The van der Waals surface area contributed by atoms with Gasteiger partial charge in [-0.15, -0.1) is 24.8 Å². The molecular formula is C15H28Cl2N4O. The van der Waals surface area contributed by atoms with Crippen LogP contribution in [0.1, 0.15) is 43.1 Å². The summed E-state index contributed by atoms with van der Waals surface area (Å²) in [7, 11) is 1.92. The fourth-order valence-electron chi connectivity index (χ4n) is 3.19. The molecule has 1 aromatic heterocycles. The van der Waals surface area contributed by atoms with Crippen molar-refractivity contribution in [2.45, 2.75) is 40.0 Å². The molecule has 1 aliphatic rings. The van der Waals surface area contributed by atoms with Gasteiger partial charge in [0.05, 0.1) is 11.6 Å². The molecule has 1 saturated heterocycles. The molecule has 0 aromatic carbocycles. The molecule has 128 valence electrons. The minimum absolute atomic E-state index is 0. The topological polar surface area (TPSA) is 64.2 Å². The number of carbonyl (C=O) groups excluding carboxylic acids is 1. The van der Waals surface area contributed by atoms with Gasteiger partial charge in [-0.05, 0) is 39.2 Å². The predicted molar refractivity (Wildman–Crippen MR) is 94.0 cm³/mol. The Morgan fingerprint density at radius 3 is 2.41 bits per heavy atom. The van der Waals surface area contributed by atoms with E-state index in [-0.39, 0.29) is 42.1 Å². The van der Waals surface area contributed by atoms with Gasteiger partial charge < -0.3 is 10.6 Å². The van der Waals surface area contributed by atoms with Gasteiger partial charge in [-0.3, -0.25) is 9.48 Å². The van der Waals surface area contributed by atoms with Crippen LogP contribution in [0.25, 0.3) is 0 Å². The van der Waals surface area contributed by atoms with Crippen molar-refractivity contribution in [3.63, 3.8) is 0 Å². The van der Waals surface area contributed by atoms with Crippen LogP contribution in [0.15, 0.2) is 0 Å². The average Bonchev–Trinajstić information content (AvgIpc) is 2.91. The summed E-state index contributed by atoms with van der Waals surface area (Å²) in [6, 6.07) is 0. The van der Waals surface area contributed by atoms with Crippen molar-refractivity contribution in [3.05, 3.63) is 17.0 Å². The standard InChI is InChI=1S/C15H26N4O.2ClH/c1-10(13-11(2)17-18(5)12(13)3)14(20)19-7-6-15(4,8-16)9-19;;/h10H,6-9,16H2,1-5H3;2*1H. The molecule has 0 bridgehead atoms. The quantitative estimate of drug-likeness (QED) is 0.908. The van der Waals surface area contributed by atoms with E-state index in [0.717, 1.165) is 36.5 Å². The van der Waals surface area contributed by atoms with Gasteiger partial charge in [0.1, 0.15) is 0 Å². The van der Waals surface area contributed by atoms with Crippen LogP contribution in [0.2, 0.25) is 0 Å². The third-order valence-corrected chi connectivity index (χ3v) is 4.73. The van der Waals surface area contributed by atoms with Gasteiger partial charge in [0.25, 0.3) is 0 Å². The highest BCUT2D eigenvalue weighted by Crippen LogP contribution is 2.32. The number of hydrogen-bond acceptors (Lipinski definition) is 3. The lowest BCUT2D eigenvalue weighted by atomic mass is 9.90. The summed E-state index contributed by atoms with van der Waals surface area (Å²) < 4.78 is 1.85. The van der Waals surface area contributed by atoms with Crippen LogP contribution in [0, 0.1) is 19.3 Å². The van der Waals surface area contributed by atoms with Crippen molar-refractivity contribution in [2.24, 2.45) is 18.2 Å². The van der Waals surface area contributed by atoms with Crippen LogP contribution in [0.4, 0.5) is 0 Å². The number of nitrogens with zero attached hydrogens (tertiary/aromatic N) is 3. The number of halogens is 2. The van der Waals surface area contributed by atoms with Crippen molar-refractivity contribution in [2.75, 3.05) is 19.6 Å². The molecule has 2 atom stereocenters. The molecule has 2 rings (SSSR count). The molecule has 7 heteroatoms. The Balaban J connectivity index is 0.00000220. The molecule has 0 saturated carbocycles. The summed E-state index contributed by atoms with van der Waals surface area (Å²) >= 11 is 0. The van der Waals surface area contributed by atoms with Crippen LogP contribution in [0.5, 0.6) is 0 Å². The summed E-state index contributed by atoms with van der Waals surface area (Å²) in [6.07, 6.45) is 0.993. The Labute approximate surface area is 145 Å². The molecule has 22 heavy (non-hydrogen) atoms. The Hall–Kier alpha value is -0.780. The van der Waals surface area contributed by atoms with E-state index in [4.69, 9.17) is 5.73 Å². The maximum Gasteiger partial charge on any atom is 0.229 e. The SMILES string of the molecule is Cc1nn(C)c(C)c1C(C)C(=O)N1CCC(C)(CN)C1.Cl.Cl. The summed E-state index contributed by atoms with van der Waals surface area (Å²) in [5, 5.41) is 4.41. The molecule has 0 radical (unpaired) electrons. The van der Waals surface area contributed by atoms with Gasteiger partial charge in [0.2, 0.25) is 5.91 Å². The molecule has 2 heterocycles. The van der Waals surface area contributed by atoms with Gasteiger partial charge >= 0.3 is 0 Å². The molecule has 0 aliphatic carbocycles. The minimum atomic E-state index is -0.135. The maximum atomic E-state index is 12.7. The fourth-order valence-corrected chi connectivity index (χ4v) is 3.19. The number of hydrogen-bond donors (Lipinski definition) is 1. The first-order valence-electron chi connectivity index (χ1n) is 7.28. The normalized spacial score (nSPS) is 22.0. The lowest BCUT2D eigenvalue weighted by Gasteiger charge is -2.25. The minimum Gasteiger partial charge on any atom is -0.342 e. The van der Waals surface area contributed by atoms with Gasteiger partial charge in [-0.1, -0.05) is 6.92 Å². The number of amides is 1. The molecule has 1 fully saturated rings. The van der Waals surface area contributed by atoms with Crippen LogP contribution in [-0.2, 0) is 11.8 Å². The Kier molecular flexibility index (Phi) is 7.39. The largest absolute Gasteiger partial charge is 0.342 e. The first-order chi connectivity index (χ1) is 9.29. The van der Waals surface area contributed by atoms with Crippen molar-refractivity contribution < 1.29 is 4.79 Å². The molecule has 1 aliphatic heterocycles. The van der Waals surface area contributed by atoms with Gasteiger partial charge in [-0.25, -0.2) is 0 Å². The number of likely N-dealkylation sites (tertiary alicyclic amines) is 1. The van der Waals surface area contributed by atoms with E-state index >= 15 is 0 Å². The van der Waals surface area contributed by atoms with E-state index in [9.17, 15) is 4.79 Å². The van der Waals surface area contributed by atoms with Crippen molar-refractivity contribution in [1.82, 2.24) is 14.7 Å². The van der Waals surface area contributed by atoms with Crippen LogP contribution < -0.4 is 5.73 Å². The number of aryl methyl sites for hydroxylation is 2. The second kappa shape index (κ2) is 7.66. The Bertz CT molecular complexity index is 532. The third-order valence-electron chi connectivity index (χ3n) is 4.73. The average molecular weight is 351 g/mol. The molecule has 5 nitrogen and oxygen atoms in total. The summed E-state index contributed by atoms with van der Waals surface area (Å²) in [4.78, 5) is 14.7. The zero-order chi connectivity index (χ0) is 15.1. The lowest BCUT2D eigenvalue weighted by molar-refractivity contribution is -0.131. The van der Waals surface area contributed by atoms with E-state index < -0.39 is 0 Å². The van der Waals surface area contributed by atoms with Crippen LogP contribution in [-0.4, -0.2) is 40.2 Å². The van der Waals surface area contributed by atoms with Crippen molar-refractivity contribution >= 4 is 30.7 Å². The number of carbonyl (C=O) groups is 1. The molecule has 1 aromatic rings. The maximum absolute atomic E-state index is 12.7. The molecule has 2 N–H and O–H groups in total. The highest BCUT2D eigenvalue weighted by Gasteiger charge is 2.37. The summed E-state index contributed by atoms with van der Waals surface area (Å²) in [5.41, 5.74) is 8.99. The predicted octanol–water partition coefficient (Wildman–Crippen LogP) is 2.18. The van der Waals surface area contributed by atoms with E-state index in [0.29, 0.717) is 6.54 Å².